The van der Waals surface area contributed by atoms with Gasteiger partial charge in [0.25, 0.3) is 0 Å². The zero-order chi connectivity index (χ0) is 17.3. The van der Waals surface area contributed by atoms with Crippen molar-refractivity contribution >= 4 is 39.1 Å². The van der Waals surface area contributed by atoms with Gasteiger partial charge in [0.05, 0.1) is 23.3 Å². The molecule has 8 heteroatoms. The van der Waals surface area contributed by atoms with E-state index < -0.39 is 0 Å². The summed E-state index contributed by atoms with van der Waals surface area (Å²) in [6.45, 7) is 4.92. The molecule has 0 saturated heterocycles. The number of nitrogens with zero attached hydrogens (tertiary/aromatic N) is 2. The van der Waals surface area contributed by atoms with Gasteiger partial charge in [-0.2, -0.15) is 0 Å². The van der Waals surface area contributed by atoms with E-state index in [1.807, 2.05) is 0 Å². The molecule has 0 radical (unpaired) electrons. The summed E-state index contributed by atoms with van der Waals surface area (Å²) < 4.78 is 16.4. The Bertz CT molecular complexity index is 733. The number of aromatic nitrogens is 2. The minimum Gasteiger partial charge on any atom is -0.383 e. The molecule has 0 spiro atoms. The van der Waals surface area contributed by atoms with Crippen LogP contribution in [0.5, 0.6) is 0 Å². The first-order chi connectivity index (χ1) is 11.5. The predicted octanol–water partition coefficient (Wildman–Crippen LogP) is 3.23. The number of anilines is 1. The van der Waals surface area contributed by atoms with Gasteiger partial charge >= 0.3 is 0 Å². The summed E-state index contributed by atoms with van der Waals surface area (Å²) in [5, 5.41) is 1.65. The molecule has 0 aliphatic carbocycles. The van der Waals surface area contributed by atoms with Crippen molar-refractivity contribution < 1.29 is 14.2 Å². The topological polar surface area (TPSA) is 79.5 Å². The third-order valence-corrected chi connectivity index (χ3v) is 6.45. The molecule has 0 amide bonds. The van der Waals surface area contributed by atoms with Crippen LogP contribution in [0.15, 0.2) is 5.16 Å². The van der Waals surface area contributed by atoms with Crippen molar-refractivity contribution in [3.05, 3.63) is 10.4 Å². The second kappa shape index (κ2) is 7.13. The van der Waals surface area contributed by atoms with Crippen LogP contribution in [0, 0.1) is 0 Å². The summed E-state index contributed by atoms with van der Waals surface area (Å²) in [7, 11) is 3.23. The van der Waals surface area contributed by atoms with Gasteiger partial charge < -0.3 is 19.9 Å². The van der Waals surface area contributed by atoms with Gasteiger partial charge in [0.15, 0.2) is 11.4 Å². The van der Waals surface area contributed by atoms with E-state index in [0.717, 1.165) is 23.1 Å². The summed E-state index contributed by atoms with van der Waals surface area (Å²) in [5.41, 5.74) is 7.39. The van der Waals surface area contributed by atoms with Gasteiger partial charge in [-0.15, -0.1) is 11.3 Å². The van der Waals surface area contributed by atoms with Gasteiger partial charge in [-0.25, -0.2) is 9.97 Å². The molecule has 2 aromatic rings. The fraction of sp³-hybridized carbons (Fsp3) is 0.625. The fourth-order valence-electron chi connectivity index (χ4n) is 2.75. The first-order valence-corrected chi connectivity index (χ1v) is 9.70. The molecule has 6 nitrogen and oxygen atoms in total. The normalized spacial score (nSPS) is 20.7. The fourth-order valence-corrected chi connectivity index (χ4v) is 4.79. The zero-order valence-electron chi connectivity index (χ0n) is 14.4. The second-order valence-electron chi connectivity index (χ2n) is 6.06. The number of rotatable bonds is 6. The largest absolute Gasteiger partial charge is 0.383 e. The van der Waals surface area contributed by atoms with Gasteiger partial charge in [-0.3, -0.25) is 0 Å². The molecule has 24 heavy (non-hydrogen) atoms. The number of hydrogen-bond donors (Lipinski definition) is 1. The van der Waals surface area contributed by atoms with Crippen molar-refractivity contribution in [3.63, 3.8) is 0 Å². The molecule has 1 atom stereocenters. The summed E-state index contributed by atoms with van der Waals surface area (Å²) in [5.74, 6) is 1.16. The van der Waals surface area contributed by atoms with Gasteiger partial charge in [0.2, 0.25) is 0 Å². The SMILES string of the molecule is CC[C@@]1(C)Cc2c(sc3nc(SCC(OC)OC)nc(N)c23)CO1. The Labute approximate surface area is 150 Å². The Morgan fingerprint density at radius 2 is 2.12 bits per heavy atom. The summed E-state index contributed by atoms with van der Waals surface area (Å²) in [6, 6.07) is 0. The van der Waals surface area contributed by atoms with E-state index in [1.165, 1.54) is 22.2 Å². The minimum atomic E-state index is -0.286. The highest BCUT2D eigenvalue weighted by atomic mass is 32.2. The van der Waals surface area contributed by atoms with Crippen LogP contribution in [-0.2, 0) is 27.2 Å². The van der Waals surface area contributed by atoms with Crippen molar-refractivity contribution in [3.8, 4) is 0 Å². The highest BCUT2D eigenvalue weighted by molar-refractivity contribution is 7.99. The average Bonchev–Trinajstić information content (AvgIpc) is 2.93. The lowest BCUT2D eigenvalue weighted by Gasteiger charge is -2.33. The number of thioether (sulfide) groups is 1. The second-order valence-corrected chi connectivity index (χ2v) is 8.13. The Balaban J connectivity index is 1.91. The number of nitrogen functional groups attached to an aromatic ring is 1. The zero-order valence-corrected chi connectivity index (χ0v) is 16.1. The van der Waals surface area contributed by atoms with Gasteiger partial charge in [0, 0.05) is 25.5 Å². The molecule has 0 bridgehead atoms. The monoisotopic (exact) mass is 369 g/mol. The van der Waals surface area contributed by atoms with Crippen LogP contribution in [0.1, 0.15) is 30.7 Å². The molecular formula is C16H23N3O3S2. The molecular weight excluding hydrogens is 346 g/mol. The molecule has 3 heterocycles. The molecule has 1 aliphatic rings. The summed E-state index contributed by atoms with van der Waals surface area (Å²) in [4.78, 5) is 11.3. The molecule has 3 rings (SSSR count). The predicted molar refractivity (Wildman–Crippen MR) is 97.5 cm³/mol. The molecule has 2 N–H and O–H groups in total. The number of thiophene rings is 1. The molecule has 2 aromatic heterocycles. The van der Waals surface area contributed by atoms with E-state index in [2.05, 4.69) is 23.8 Å². The number of fused-ring (bicyclic) bond motifs is 3. The molecule has 0 unspecified atom stereocenters. The minimum absolute atomic E-state index is 0.134. The van der Waals surface area contributed by atoms with E-state index in [9.17, 15) is 0 Å². The van der Waals surface area contributed by atoms with Crippen molar-refractivity contribution in [2.45, 2.75) is 50.3 Å². The van der Waals surface area contributed by atoms with Crippen molar-refractivity contribution in [2.75, 3.05) is 25.7 Å². The lowest BCUT2D eigenvalue weighted by Crippen LogP contribution is -2.33. The van der Waals surface area contributed by atoms with E-state index in [4.69, 9.17) is 19.9 Å². The highest BCUT2D eigenvalue weighted by Crippen LogP contribution is 2.41. The Morgan fingerprint density at radius 1 is 1.38 bits per heavy atom. The van der Waals surface area contributed by atoms with Crippen molar-refractivity contribution in [1.29, 1.82) is 0 Å². The smallest absolute Gasteiger partial charge is 0.191 e. The quantitative estimate of drug-likeness (QED) is 0.476. The van der Waals surface area contributed by atoms with E-state index >= 15 is 0 Å². The molecule has 0 saturated carbocycles. The summed E-state index contributed by atoms with van der Waals surface area (Å²) >= 11 is 3.13. The first kappa shape index (κ1) is 17.9. The van der Waals surface area contributed by atoms with Crippen LogP contribution in [0.4, 0.5) is 5.82 Å². The van der Waals surface area contributed by atoms with Crippen LogP contribution >= 0.6 is 23.1 Å². The summed E-state index contributed by atoms with van der Waals surface area (Å²) in [6.07, 6.45) is 1.54. The standard InChI is InChI=1S/C16H23N3O3S2/c1-5-16(2)6-9-10(7-22-16)24-14-12(9)13(17)18-15(19-14)23-8-11(20-3)21-4/h11H,5-8H2,1-4H3,(H2,17,18,19)/t16-/m0/s1. The Hall–Kier alpha value is -0.930. The number of nitrogens with two attached hydrogens (primary N) is 1. The van der Waals surface area contributed by atoms with Crippen LogP contribution in [-0.4, -0.2) is 41.8 Å². The molecule has 0 fully saturated rings. The van der Waals surface area contributed by atoms with E-state index in [1.54, 1.807) is 25.6 Å². The lowest BCUT2D eigenvalue weighted by molar-refractivity contribution is -0.0842. The highest BCUT2D eigenvalue weighted by Gasteiger charge is 2.33. The van der Waals surface area contributed by atoms with E-state index in [0.29, 0.717) is 23.3 Å². The Morgan fingerprint density at radius 3 is 2.79 bits per heavy atom. The van der Waals surface area contributed by atoms with E-state index in [-0.39, 0.29) is 11.9 Å². The van der Waals surface area contributed by atoms with Crippen molar-refractivity contribution in [1.82, 2.24) is 9.97 Å². The third-order valence-electron chi connectivity index (χ3n) is 4.47. The maximum atomic E-state index is 6.27. The maximum absolute atomic E-state index is 6.27. The number of methoxy groups -OCH3 is 2. The van der Waals surface area contributed by atoms with Gasteiger partial charge in [0.1, 0.15) is 10.6 Å². The van der Waals surface area contributed by atoms with Crippen molar-refractivity contribution in [2.24, 2.45) is 0 Å². The molecule has 132 valence electrons. The van der Waals surface area contributed by atoms with Gasteiger partial charge in [-0.05, 0) is 18.9 Å². The number of hydrogen-bond acceptors (Lipinski definition) is 8. The Kier molecular flexibility index (Phi) is 5.31. The number of ether oxygens (including phenoxy) is 3. The maximum Gasteiger partial charge on any atom is 0.191 e. The van der Waals surface area contributed by atoms with Crippen LogP contribution in [0.25, 0.3) is 10.2 Å². The van der Waals surface area contributed by atoms with Crippen LogP contribution in [0.2, 0.25) is 0 Å². The average molecular weight is 370 g/mol. The molecule has 0 aromatic carbocycles. The first-order valence-electron chi connectivity index (χ1n) is 7.89. The van der Waals surface area contributed by atoms with Gasteiger partial charge in [-0.1, -0.05) is 18.7 Å². The van der Waals surface area contributed by atoms with Crippen LogP contribution < -0.4 is 5.73 Å². The van der Waals surface area contributed by atoms with Crippen LogP contribution in [0.3, 0.4) is 0 Å². The lowest BCUT2D eigenvalue weighted by atomic mass is 9.90. The third kappa shape index (κ3) is 3.39. The molecule has 1 aliphatic heterocycles.